The van der Waals surface area contributed by atoms with E-state index in [1.165, 1.54) is 12.1 Å². The van der Waals surface area contributed by atoms with Crippen LogP contribution in [0.2, 0.25) is 0 Å². The van der Waals surface area contributed by atoms with Gasteiger partial charge in [0.15, 0.2) is 0 Å². The molecule has 0 fully saturated rings. The summed E-state index contributed by atoms with van der Waals surface area (Å²) >= 11 is 0. The Morgan fingerprint density at radius 1 is 1.14 bits per heavy atom. The van der Waals surface area contributed by atoms with Crippen LogP contribution in [-0.4, -0.2) is 30.1 Å². The summed E-state index contributed by atoms with van der Waals surface area (Å²) in [7, 11) is 0. The summed E-state index contributed by atoms with van der Waals surface area (Å²) in [5.41, 5.74) is -0.406. The third-order valence-corrected chi connectivity index (χ3v) is 2.27. The number of esters is 1. The van der Waals surface area contributed by atoms with Gasteiger partial charge in [0.1, 0.15) is 5.60 Å². The smallest absolute Gasteiger partial charge is 0.412 e. The average Bonchev–Trinajstić information content (AvgIpc) is 2.36. The third-order valence-electron chi connectivity index (χ3n) is 2.27. The number of rotatable bonds is 4. The standard InChI is InChI=1S/C15H19NO5/c1-5-20-13(18)12(17)10-8-6-7-9-11(10)16-14(19)21-15(2,3)4/h6-9H,5H2,1-4H3,(H,16,19). The van der Waals surface area contributed by atoms with E-state index in [4.69, 9.17) is 4.74 Å². The minimum Gasteiger partial charge on any atom is -0.460 e. The Labute approximate surface area is 123 Å². The lowest BCUT2D eigenvalue weighted by Gasteiger charge is -2.20. The number of benzene rings is 1. The Bertz CT molecular complexity index is 545. The molecule has 0 bridgehead atoms. The molecule has 0 aliphatic carbocycles. The van der Waals surface area contributed by atoms with E-state index < -0.39 is 23.4 Å². The first-order chi connectivity index (χ1) is 9.74. The molecular formula is C15H19NO5. The van der Waals surface area contributed by atoms with Gasteiger partial charge in [0.05, 0.1) is 17.9 Å². The van der Waals surface area contributed by atoms with Crippen LogP contribution in [0.4, 0.5) is 10.5 Å². The molecule has 0 atom stereocenters. The molecule has 0 saturated heterocycles. The number of Topliss-reactive ketones (excluding diaryl/α,β-unsaturated/α-hetero) is 1. The number of carbonyl (C=O) groups excluding carboxylic acids is 3. The van der Waals surface area contributed by atoms with E-state index in [1.807, 2.05) is 0 Å². The summed E-state index contributed by atoms with van der Waals surface area (Å²) in [5.74, 6) is -1.78. The molecule has 1 aromatic carbocycles. The van der Waals surface area contributed by atoms with Crippen molar-refractivity contribution in [1.82, 2.24) is 0 Å². The fourth-order valence-corrected chi connectivity index (χ4v) is 1.51. The van der Waals surface area contributed by atoms with Crippen LogP contribution in [0.3, 0.4) is 0 Å². The summed E-state index contributed by atoms with van der Waals surface area (Å²) in [4.78, 5) is 35.2. The number of ether oxygens (including phenoxy) is 2. The van der Waals surface area contributed by atoms with Gasteiger partial charge in [0.2, 0.25) is 0 Å². The second kappa shape index (κ2) is 6.88. The van der Waals surface area contributed by atoms with E-state index in [1.54, 1.807) is 39.8 Å². The number of anilines is 1. The zero-order valence-electron chi connectivity index (χ0n) is 12.6. The molecule has 6 nitrogen and oxygen atoms in total. The minimum absolute atomic E-state index is 0.0572. The van der Waals surface area contributed by atoms with Gasteiger partial charge in [0, 0.05) is 0 Å². The lowest BCUT2D eigenvalue weighted by molar-refractivity contribution is -0.137. The molecule has 0 spiro atoms. The molecule has 21 heavy (non-hydrogen) atoms. The summed E-state index contributed by atoms with van der Waals surface area (Å²) in [6.45, 7) is 6.88. The Hall–Kier alpha value is -2.37. The van der Waals surface area contributed by atoms with Gasteiger partial charge in [-0.15, -0.1) is 0 Å². The highest BCUT2D eigenvalue weighted by atomic mass is 16.6. The van der Waals surface area contributed by atoms with Gasteiger partial charge in [0.25, 0.3) is 5.78 Å². The fraction of sp³-hybridized carbons (Fsp3) is 0.400. The van der Waals surface area contributed by atoms with Crippen LogP contribution in [0, 0.1) is 0 Å². The molecule has 114 valence electrons. The minimum atomic E-state index is -0.962. The van der Waals surface area contributed by atoms with Crippen LogP contribution >= 0.6 is 0 Å². The number of hydrogen-bond acceptors (Lipinski definition) is 5. The largest absolute Gasteiger partial charge is 0.460 e. The lowest BCUT2D eigenvalue weighted by atomic mass is 10.1. The molecule has 0 aromatic heterocycles. The zero-order chi connectivity index (χ0) is 16.0. The van der Waals surface area contributed by atoms with Crippen LogP contribution in [0.5, 0.6) is 0 Å². The maximum Gasteiger partial charge on any atom is 0.412 e. The van der Waals surface area contributed by atoms with Gasteiger partial charge in [-0.3, -0.25) is 10.1 Å². The maximum absolute atomic E-state index is 12.0. The molecule has 0 aliphatic rings. The molecule has 0 unspecified atom stereocenters. The van der Waals surface area contributed by atoms with Gasteiger partial charge in [-0.25, -0.2) is 9.59 Å². The highest BCUT2D eigenvalue weighted by Crippen LogP contribution is 2.18. The molecule has 1 rings (SSSR count). The first-order valence-electron chi connectivity index (χ1n) is 6.55. The van der Waals surface area contributed by atoms with Crippen LogP contribution in [0.1, 0.15) is 38.1 Å². The second-order valence-electron chi connectivity index (χ2n) is 5.22. The molecule has 0 heterocycles. The number of hydrogen-bond donors (Lipinski definition) is 1. The van der Waals surface area contributed by atoms with Crippen molar-refractivity contribution in [3.8, 4) is 0 Å². The number of carbonyl (C=O) groups is 3. The summed E-state index contributed by atoms with van der Waals surface area (Å²) in [6.07, 6.45) is -0.702. The van der Waals surface area contributed by atoms with E-state index in [0.717, 1.165) is 0 Å². The first kappa shape index (κ1) is 16.7. The van der Waals surface area contributed by atoms with Gasteiger partial charge >= 0.3 is 12.1 Å². The number of amides is 1. The highest BCUT2D eigenvalue weighted by molar-refractivity contribution is 6.42. The Kier molecular flexibility index (Phi) is 5.46. The third kappa shape index (κ3) is 5.25. The van der Waals surface area contributed by atoms with E-state index in [-0.39, 0.29) is 17.9 Å². The fourth-order valence-electron chi connectivity index (χ4n) is 1.51. The van der Waals surface area contributed by atoms with Crippen molar-refractivity contribution < 1.29 is 23.9 Å². The summed E-state index contributed by atoms with van der Waals surface area (Å²) in [6, 6.07) is 6.17. The average molecular weight is 293 g/mol. The number of para-hydroxylation sites is 1. The van der Waals surface area contributed by atoms with Gasteiger partial charge < -0.3 is 9.47 Å². The SMILES string of the molecule is CCOC(=O)C(=O)c1ccccc1NC(=O)OC(C)(C)C. The van der Waals surface area contributed by atoms with Crippen molar-refractivity contribution in [2.75, 3.05) is 11.9 Å². The van der Waals surface area contributed by atoms with Crippen LogP contribution in [0.15, 0.2) is 24.3 Å². The van der Waals surface area contributed by atoms with Crippen molar-refractivity contribution in [3.63, 3.8) is 0 Å². The normalized spacial score (nSPS) is 10.7. The quantitative estimate of drug-likeness (QED) is 0.524. The van der Waals surface area contributed by atoms with Crippen molar-refractivity contribution >= 4 is 23.5 Å². The van der Waals surface area contributed by atoms with Crippen molar-refractivity contribution in [2.24, 2.45) is 0 Å². The lowest BCUT2D eigenvalue weighted by Crippen LogP contribution is -2.28. The molecule has 0 radical (unpaired) electrons. The predicted molar refractivity (Wildman–Crippen MR) is 77.3 cm³/mol. The topological polar surface area (TPSA) is 81.7 Å². The predicted octanol–water partition coefficient (Wildman–Crippen LogP) is 2.78. The Morgan fingerprint density at radius 3 is 2.33 bits per heavy atom. The van der Waals surface area contributed by atoms with E-state index >= 15 is 0 Å². The van der Waals surface area contributed by atoms with Crippen LogP contribution < -0.4 is 5.32 Å². The summed E-state index contributed by atoms with van der Waals surface area (Å²) < 4.78 is 9.77. The van der Waals surface area contributed by atoms with E-state index in [9.17, 15) is 14.4 Å². The maximum atomic E-state index is 12.0. The van der Waals surface area contributed by atoms with Crippen LogP contribution in [0.25, 0.3) is 0 Å². The van der Waals surface area contributed by atoms with E-state index in [2.05, 4.69) is 10.1 Å². The van der Waals surface area contributed by atoms with Gasteiger partial charge in [-0.2, -0.15) is 0 Å². The first-order valence-corrected chi connectivity index (χ1v) is 6.55. The Morgan fingerprint density at radius 2 is 1.76 bits per heavy atom. The van der Waals surface area contributed by atoms with Crippen molar-refractivity contribution in [1.29, 1.82) is 0 Å². The van der Waals surface area contributed by atoms with E-state index in [0.29, 0.717) is 0 Å². The highest BCUT2D eigenvalue weighted by Gasteiger charge is 2.23. The monoisotopic (exact) mass is 293 g/mol. The van der Waals surface area contributed by atoms with Gasteiger partial charge in [-0.05, 0) is 39.8 Å². The molecule has 0 aliphatic heterocycles. The number of nitrogens with one attached hydrogen (secondary N) is 1. The molecule has 6 heteroatoms. The molecular weight excluding hydrogens is 274 g/mol. The molecule has 1 N–H and O–H groups in total. The van der Waals surface area contributed by atoms with Crippen molar-refractivity contribution in [3.05, 3.63) is 29.8 Å². The molecule has 0 saturated carbocycles. The second-order valence-corrected chi connectivity index (χ2v) is 5.22. The van der Waals surface area contributed by atoms with Crippen LogP contribution in [-0.2, 0) is 14.3 Å². The Balaban J connectivity index is 2.92. The molecule has 1 amide bonds. The zero-order valence-corrected chi connectivity index (χ0v) is 12.6. The molecule has 1 aromatic rings. The number of ketones is 1. The van der Waals surface area contributed by atoms with Gasteiger partial charge in [-0.1, -0.05) is 12.1 Å². The van der Waals surface area contributed by atoms with Crippen molar-refractivity contribution in [2.45, 2.75) is 33.3 Å². The summed E-state index contributed by atoms with van der Waals surface area (Å²) in [5, 5.41) is 2.46.